The fourth-order valence-corrected chi connectivity index (χ4v) is 1.84. The first-order valence-corrected chi connectivity index (χ1v) is 5.80. The minimum Gasteiger partial charge on any atom is -0.388 e. The molecule has 0 radical (unpaired) electrons. The van der Waals surface area contributed by atoms with Crippen LogP contribution in [0.15, 0.2) is 24.3 Å². The van der Waals surface area contributed by atoms with Crippen LogP contribution < -0.4 is 0 Å². The van der Waals surface area contributed by atoms with Crippen molar-refractivity contribution < 1.29 is 5.11 Å². The molecule has 0 spiro atoms. The van der Waals surface area contributed by atoms with Crippen molar-refractivity contribution in [2.24, 2.45) is 0 Å². The van der Waals surface area contributed by atoms with Gasteiger partial charge in [-0.25, -0.2) is 9.67 Å². The number of rotatable bonds is 3. The van der Waals surface area contributed by atoms with E-state index in [-0.39, 0.29) is 6.10 Å². The van der Waals surface area contributed by atoms with Gasteiger partial charge in [-0.15, -0.1) is 0 Å². The Morgan fingerprint density at radius 3 is 2.35 bits per heavy atom. The van der Waals surface area contributed by atoms with Crippen LogP contribution in [0, 0.1) is 13.8 Å². The van der Waals surface area contributed by atoms with Gasteiger partial charge in [0.1, 0.15) is 11.6 Å². The van der Waals surface area contributed by atoms with Crippen molar-refractivity contribution in [2.45, 2.75) is 33.3 Å². The second-order valence-electron chi connectivity index (χ2n) is 4.13. The molecule has 2 aromatic rings. The molecule has 1 heterocycles. The van der Waals surface area contributed by atoms with Crippen LogP contribution in [0.4, 0.5) is 0 Å². The number of aliphatic hydroxyl groups is 1. The van der Waals surface area contributed by atoms with Gasteiger partial charge >= 0.3 is 0 Å². The molecule has 0 aliphatic heterocycles. The molecule has 17 heavy (non-hydrogen) atoms. The normalized spacial score (nSPS) is 12.7. The maximum Gasteiger partial charge on any atom is 0.148 e. The van der Waals surface area contributed by atoms with E-state index in [4.69, 9.17) is 0 Å². The summed E-state index contributed by atoms with van der Waals surface area (Å²) in [5.74, 6) is 1.63. The fraction of sp³-hybridized carbons (Fsp3) is 0.385. The van der Waals surface area contributed by atoms with Crippen LogP contribution in [0.5, 0.6) is 0 Å². The van der Waals surface area contributed by atoms with Gasteiger partial charge in [0, 0.05) is 0 Å². The summed E-state index contributed by atoms with van der Waals surface area (Å²) in [5, 5.41) is 14.0. The smallest absolute Gasteiger partial charge is 0.148 e. The summed E-state index contributed by atoms with van der Waals surface area (Å²) in [6.45, 7) is 5.76. The van der Waals surface area contributed by atoms with E-state index < -0.39 is 0 Å². The van der Waals surface area contributed by atoms with Crippen LogP contribution in [0.1, 0.15) is 36.7 Å². The van der Waals surface area contributed by atoms with E-state index in [0.717, 1.165) is 29.3 Å². The van der Waals surface area contributed by atoms with Crippen molar-refractivity contribution in [3.63, 3.8) is 0 Å². The fourth-order valence-electron chi connectivity index (χ4n) is 1.84. The number of hydrogen-bond acceptors (Lipinski definition) is 3. The van der Waals surface area contributed by atoms with Gasteiger partial charge in [-0.05, 0) is 38.0 Å². The third-order valence-electron chi connectivity index (χ3n) is 2.78. The highest BCUT2D eigenvalue weighted by Crippen LogP contribution is 2.18. The zero-order valence-electron chi connectivity index (χ0n) is 10.4. The Balaban J connectivity index is 2.32. The maximum atomic E-state index is 9.71. The van der Waals surface area contributed by atoms with Crippen LogP contribution >= 0.6 is 0 Å². The summed E-state index contributed by atoms with van der Waals surface area (Å²) >= 11 is 0. The Bertz CT molecular complexity index is 502. The standard InChI is InChI=1S/C13H17N3O/c1-4-13(17)11-5-7-12(8-6-11)16-10(3)14-9(2)15-16/h5-8,13,17H,4H2,1-3H3/t13-/m0/s1. The molecular weight excluding hydrogens is 214 g/mol. The van der Waals surface area contributed by atoms with Gasteiger partial charge < -0.3 is 5.11 Å². The molecule has 1 aromatic heterocycles. The lowest BCUT2D eigenvalue weighted by atomic mass is 10.1. The molecule has 0 unspecified atom stereocenters. The second-order valence-corrected chi connectivity index (χ2v) is 4.13. The summed E-state index contributed by atoms with van der Waals surface area (Å²) in [6.07, 6.45) is 0.337. The lowest BCUT2D eigenvalue weighted by Crippen LogP contribution is -2.01. The van der Waals surface area contributed by atoms with Crippen molar-refractivity contribution in [2.75, 3.05) is 0 Å². The highest BCUT2D eigenvalue weighted by molar-refractivity contribution is 5.35. The van der Waals surface area contributed by atoms with Crippen molar-refractivity contribution in [3.8, 4) is 5.69 Å². The van der Waals surface area contributed by atoms with Crippen LogP contribution in [0.25, 0.3) is 5.69 Å². The van der Waals surface area contributed by atoms with Crippen LogP contribution in [-0.4, -0.2) is 19.9 Å². The van der Waals surface area contributed by atoms with Crippen LogP contribution in [0.3, 0.4) is 0 Å². The summed E-state index contributed by atoms with van der Waals surface area (Å²) in [6, 6.07) is 7.77. The highest BCUT2D eigenvalue weighted by Gasteiger charge is 2.07. The molecule has 0 saturated carbocycles. The minimum atomic E-state index is -0.386. The predicted molar refractivity (Wildman–Crippen MR) is 66.1 cm³/mol. The molecule has 90 valence electrons. The van der Waals surface area contributed by atoms with E-state index in [1.54, 1.807) is 4.68 Å². The van der Waals surface area contributed by atoms with Gasteiger partial charge in [-0.2, -0.15) is 5.10 Å². The number of benzene rings is 1. The first-order chi connectivity index (χ1) is 8.11. The van der Waals surface area contributed by atoms with E-state index >= 15 is 0 Å². The largest absolute Gasteiger partial charge is 0.388 e. The number of aromatic nitrogens is 3. The second kappa shape index (κ2) is 4.67. The molecule has 4 nitrogen and oxygen atoms in total. The minimum absolute atomic E-state index is 0.386. The van der Waals surface area contributed by atoms with Crippen LogP contribution in [-0.2, 0) is 0 Å². The topological polar surface area (TPSA) is 50.9 Å². The van der Waals surface area contributed by atoms with E-state index in [1.807, 2.05) is 45.0 Å². The maximum absolute atomic E-state index is 9.71. The van der Waals surface area contributed by atoms with Crippen molar-refractivity contribution in [1.29, 1.82) is 0 Å². The van der Waals surface area contributed by atoms with Gasteiger partial charge in [-0.1, -0.05) is 19.1 Å². The molecule has 0 aliphatic rings. The molecule has 0 bridgehead atoms. The summed E-state index contributed by atoms with van der Waals surface area (Å²) in [4.78, 5) is 4.26. The number of aliphatic hydroxyl groups excluding tert-OH is 1. The van der Waals surface area contributed by atoms with Gasteiger partial charge in [-0.3, -0.25) is 0 Å². The molecule has 0 aliphatic carbocycles. The molecular formula is C13H17N3O. The first kappa shape index (κ1) is 11.8. The first-order valence-electron chi connectivity index (χ1n) is 5.80. The van der Waals surface area contributed by atoms with Gasteiger partial charge in [0.05, 0.1) is 11.8 Å². The lowest BCUT2D eigenvalue weighted by molar-refractivity contribution is 0.173. The quantitative estimate of drug-likeness (QED) is 0.882. The third kappa shape index (κ3) is 2.36. The molecule has 1 N–H and O–H groups in total. The van der Waals surface area contributed by atoms with E-state index in [0.29, 0.717) is 0 Å². The zero-order valence-corrected chi connectivity index (χ0v) is 10.4. The van der Waals surface area contributed by atoms with Gasteiger partial charge in [0.2, 0.25) is 0 Å². The Labute approximate surface area is 101 Å². The Morgan fingerprint density at radius 1 is 1.24 bits per heavy atom. The number of aryl methyl sites for hydroxylation is 2. The van der Waals surface area contributed by atoms with Crippen molar-refractivity contribution in [3.05, 3.63) is 41.5 Å². The molecule has 0 fully saturated rings. The molecule has 1 atom stereocenters. The molecule has 4 heteroatoms. The highest BCUT2D eigenvalue weighted by atomic mass is 16.3. The molecule has 0 saturated heterocycles. The summed E-state index contributed by atoms with van der Waals surface area (Å²) in [7, 11) is 0. The zero-order chi connectivity index (χ0) is 12.4. The van der Waals surface area contributed by atoms with E-state index in [1.165, 1.54) is 0 Å². The average molecular weight is 231 g/mol. The monoisotopic (exact) mass is 231 g/mol. The summed E-state index contributed by atoms with van der Waals surface area (Å²) in [5.41, 5.74) is 1.90. The van der Waals surface area contributed by atoms with E-state index in [9.17, 15) is 5.11 Å². The van der Waals surface area contributed by atoms with Crippen LogP contribution in [0.2, 0.25) is 0 Å². The SMILES string of the molecule is CC[C@H](O)c1ccc(-n2nc(C)nc2C)cc1. The Kier molecular flexibility index (Phi) is 3.24. The van der Waals surface area contributed by atoms with E-state index in [2.05, 4.69) is 10.1 Å². The average Bonchev–Trinajstić information content (AvgIpc) is 2.68. The Hall–Kier alpha value is -1.68. The van der Waals surface area contributed by atoms with Crippen molar-refractivity contribution >= 4 is 0 Å². The molecule has 1 aromatic carbocycles. The third-order valence-corrected chi connectivity index (χ3v) is 2.78. The molecule has 2 rings (SSSR count). The Morgan fingerprint density at radius 2 is 1.88 bits per heavy atom. The summed E-state index contributed by atoms with van der Waals surface area (Å²) < 4.78 is 1.80. The lowest BCUT2D eigenvalue weighted by Gasteiger charge is -2.09. The van der Waals surface area contributed by atoms with Gasteiger partial charge in [0.25, 0.3) is 0 Å². The van der Waals surface area contributed by atoms with Gasteiger partial charge in [0.15, 0.2) is 0 Å². The number of hydrogen-bond donors (Lipinski definition) is 1. The van der Waals surface area contributed by atoms with Crippen molar-refractivity contribution in [1.82, 2.24) is 14.8 Å². The molecule has 0 amide bonds. The predicted octanol–water partition coefficient (Wildman–Crippen LogP) is 2.33. The number of nitrogens with zero attached hydrogens (tertiary/aromatic N) is 3.